The van der Waals surface area contributed by atoms with Crippen LogP contribution in [0.4, 0.5) is 0 Å². The molecule has 1 fully saturated rings. The van der Waals surface area contributed by atoms with Gasteiger partial charge in [0.05, 0.1) is 11.2 Å². The predicted molar refractivity (Wildman–Crippen MR) is 94.9 cm³/mol. The highest BCUT2D eigenvalue weighted by atomic mass is 16.7. The van der Waals surface area contributed by atoms with Crippen LogP contribution < -0.4 is 5.73 Å². The molecule has 0 atom stereocenters. The van der Waals surface area contributed by atoms with Crippen molar-refractivity contribution in [1.82, 2.24) is 4.98 Å². The van der Waals surface area contributed by atoms with Gasteiger partial charge in [-0.05, 0) is 44.1 Å². The quantitative estimate of drug-likeness (QED) is 0.885. The smallest absolute Gasteiger partial charge is 0.400 e. The van der Waals surface area contributed by atoms with Crippen LogP contribution in [0.25, 0.3) is 16.8 Å². The number of rotatable bonds is 3. The SMILES string of the molecule is CC1(C)OB(C(=Cc2cncc3ccccc23)CN)OC1(C)C. The average Bonchev–Trinajstić information content (AvgIpc) is 2.73. The monoisotopic (exact) mass is 310 g/mol. The summed E-state index contributed by atoms with van der Waals surface area (Å²) in [5.41, 5.74) is 7.17. The summed E-state index contributed by atoms with van der Waals surface area (Å²) in [5, 5.41) is 2.25. The molecule has 120 valence electrons. The fraction of sp³-hybridized carbons (Fsp3) is 0.389. The van der Waals surface area contributed by atoms with Crippen molar-refractivity contribution >= 4 is 24.0 Å². The maximum atomic E-state index is 6.11. The fourth-order valence-corrected chi connectivity index (χ4v) is 2.67. The molecule has 2 aromatic rings. The first-order valence-corrected chi connectivity index (χ1v) is 7.93. The number of fused-ring (bicyclic) bond motifs is 1. The maximum Gasteiger partial charge on any atom is 0.491 e. The zero-order valence-electron chi connectivity index (χ0n) is 14.2. The van der Waals surface area contributed by atoms with E-state index < -0.39 is 7.12 Å². The third-order valence-electron chi connectivity index (χ3n) is 4.83. The Morgan fingerprint density at radius 2 is 1.78 bits per heavy atom. The largest absolute Gasteiger partial charge is 0.491 e. The van der Waals surface area contributed by atoms with Gasteiger partial charge in [-0.2, -0.15) is 0 Å². The van der Waals surface area contributed by atoms with Crippen molar-refractivity contribution < 1.29 is 9.31 Å². The van der Waals surface area contributed by atoms with Gasteiger partial charge < -0.3 is 15.0 Å². The molecule has 1 aliphatic rings. The molecular formula is C18H23BN2O2. The minimum absolute atomic E-state index is 0.372. The van der Waals surface area contributed by atoms with Crippen molar-refractivity contribution in [3.05, 3.63) is 47.7 Å². The Morgan fingerprint density at radius 1 is 1.13 bits per heavy atom. The van der Waals surface area contributed by atoms with Crippen molar-refractivity contribution in [1.29, 1.82) is 0 Å². The molecule has 1 aromatic heterocycles. The summed E-state index contributed by atoms with van der Waals surface area (Å²) in [6, 6.07) is 8.17. The van der Waals surface area contributed by atoms with E-state index in [0.29, 0.717) is 6.54 Å². The minimum atomic E-state index is -0.427. The molecule has 0 spiro atoms. The first-order valence-electron chi connectivity index (χ1n) is 7.93. The summed E-state index contributed by atoms with van der Waals surface area (Å²) in [5.74, 6) is 0. The molecule has 0 radical (unpaired) electrons. The number of aromatic nitrogens is 1. The van der Waals surface area contributed by atoms with Crippen LogP contribution in [-0.2, 0) is 9.31 Å². The summed E-state index contributed by atoms with van der Waals surface area (Å²) < 4.78 is 12.2. The summed E-state index contributed by atoms with van der Waals surface area (Å²) in [6.45, 7) is 8.54. The highest BCUT2D eigenvalue weighted by Crippen LogP contribution is 2.38. The molecule has 5 heteroatoms. The van der Waals surface area contributed by atoms with E-state index in [-0.39, 0.29) is 11.2 Å². The fourth-order valence-electron chi connectivity index (χ4n) is 2.67. The van der Waals surface area contributed by atoms with Crippen LogP contribution in [0.3, 0.4) is 0 Å². The van der Waals surface area contributed by atoms with Crippen LogP contribution in [0.2, 0.25) is 0 Å². The Morgan fingerprint density at radius 3 is 2.43 bits per heavy atom. The van der Waals surface area contributed by atoms with Crippen LogP contribution in [0.15, 0.2) is 42.1 Å². The summed E-state index contributed by atoms with van der Waals surface area (Å²) >= 11 is 0. The molecule has 23 heavy (non-hydrogen) atoms. The lowest BCUT2D eigenvalue weighted by Crippen LogP contribution is -2.41. The molecule has 2 N–H and O–H groups in total. The highest BCUT2D eigenvalue weighted by molar-refractivity contribution is 6.56. The van der Waals surface area contributed by atoms with Gasteiger partial charge in [0.2, 0.25) is 0 Å². The average molecular weight is 310 g/mol. The number of nitrogens with two attached hydrogens (primary N) is 1. The van der Waals surface area contributed by atoms with E-state index in [9.17, 15) is 0 Å². The molecule has 0 saturated carbocycles. The molecule has 0 unspecified atom stereocenters. The molecule has 1 saturated heterocycles. The lowest BCUT2D eigenvalue weighted by Gasteiger charge is -2.32. The second-order valence-electron chi connectivity index (χ2n) is 6.96. The molecule has 0 aliphatic carbocycles. The first kappa shape index (κ1) is 16.2. The van der Waals surface area contributed by atoms with E-state index in [1.54, 1.807) is 0 Å². The van der Waals surface area contributed by atoms with Gasteiger partial charge in [-0.1, -0.05) is 30.3 Å². The number of benzene rings is 1. The molecule has 1 aromatic carbocycles. The van der Waals surface area contributed by atoms with E-state index in [1.807, 2.05) is 58.3 Å². The van der Waals surface area contributed by atoms with E-state index in [2.05, 4.69) is 17.1 Å². The molecule has 0 bridgehead atoms. The normalized spacial score (nSPS) is 20.2. The molecule has 3 rings (SSSR count). The molecule has 4 nitrogen and oxygen atoms in total. The maximum absolute atomic E-state index is 6.11. The number of pyridine rings is 1. The van der Waals surface area contributed by atoms with Crippen molar-refractivity contribution in [3.8, 4) is 0 Å². The second-order valence-corrected chi connectivity index (χ2v) is 6.96. The van der Waals surface area contributed by atoms with Gasteiger partial charge in [0.25, 0.3) is 0 Å². The van der Waals surface area contributed by atoms with Crippen molar-refractivity contribution in [2.24, 2.45) is 5.73 Å². The Kier molecular flexibility index (Phi) is 4.04. The van der Waals surface area contributed by atoms with Crippen molar-refractivity contribution in [2.75, 3.05) is 6.54 Å². The number of nitrogens with zero attached hydrogens (tertiary/aromatic N) is 1. The zero-order chi connectivity index (χ0) is 16.7. The second kappa shape index (κ2) is 5.75. The van der Waals surface area contributed by atoms with Crippen LogP contribution in [0.1, 0.15) is 33.3 Å². The van der Waals surface area contributed by atoms with Gasteiger partial charge in [0.15, 0.2) is 0 Å². The Balaban J connectivity index is 1.99. The van der Waals surface area contributed by atoms with E-state index in [0.717, 1.165) is 21.8 Å². The Labute approximate surface area is 137 Å². The number of hydrogen-bond donors (Lipinski definition) is 1. The Bertz CT molecular complexity index is 734. The van der Waals surface area contributed by atoms with Gasteiger partial charge in [-0.3, -0.25) is 4.98 Å². The van der Waals surface area contributed by atoms with Crippen LogP contribution in [-0.4, -0.2) is 29.8 Å². The molecule has 1 aliphatic heterocycles. The lowest BCUT2D eigenvalue weighted by atomic mass is 9.77. The van der Waals surface area contributed by atoms with Gasteiger partial charge >= 0.3 is 7.12 Å². The topological polar surface area (TPSA) is 57.4 Å². The predicted octanol–water partition coefficient (Wildman–Crippen LogP) is 3.21. The molecular weight excluding hydrogens is 287 g/mol. The summed E-state index contributed by atoms with van der Waals surface area (Å²) in [7, 11) is -0.427. The highest BCUT2D eigenvalue weighted by Gasteiger charge is 2.52. The van der Waals surface area contributed by atoms with E-state index in [1.165, 1.54) is 0 Å². The Hall–Kier alpha value is -1.69. The van der Waals surface area contributed by atoms with Crippen LogP contribution in [0.5, 0.6) is 0 Å². The molecule has 0 amide bonds. The lowest BCUT2D eigenvalue weighted by molar-refractivity contribution is 0.00578. The number of hydrogen-bond acceptors (Lipinski definition) is 4. The van der Waals surface area contributed by atoms with Crippen molar-refractivity contribution in [2.45, 2.75) is 38.9 Å². The summed E-state index contributed by atoms with van der Waals surface area (Å²) in [6.07, 6.45) is 5.75. The van der Waals surface area contributed by atoms with Crippen molar-refractivity contribution in [3.63, 3.8) is 0 Å². The van der Waals surface area contributed by atoms with Gasteiger partial charge in [0.1, 0.15) is 0 Å². The standard InChI is InChI=1S/C18H23BN2O2/c1-17(2)18(3,4)23-19(22-17)15(10-20)9-14-12-21-11-13-7-5-6-8-16(13)14/h5-9,11-12H,10,20H2,1-4H3. The van der Waals surface area contributed by atoms with Gasteiger partial charge in [-0.15, -0.1) is 0 Å². The third kappa shape index (κ3) is 2.92. The zero-order valence-corrected chi connectivity index (χ0v) is 14.2. The summed E-state index contributed by atoms with van der Waals surface area (Å²) in [4.78, 5) is 4.32. The van der Waals surface area contributed by atoms with Gasteiger partial charge in [-0.25, -0.2) is 0 Å². The third-order valence-corrected chi connectivity index (χ3v) is 4.83. The van der Waals surface area contributed by atoms with E-state index in [4.69, 9.17) is 15.0 Å². The van der Waals surface area contributed by atoms with Gasteiger partial charge in [0, 0.05) is 24.3 Å². The van der Waals surface area contributed by atoms with Crippen LogP contribution >= 0.6 is 0 Å². The van der Waals surface area contributed by atoms with Crippen LogP contribution in [0, 0.1) is 0 Å². The molecule has 2 heterocycles. The van der Waals surface area contributed by atoms with E-state index >= 15 is 0 Å². The first-order chi connectivity index (χ1) is 10.8. The minimum Gasteiger partial charge on any atom is -0.400 e.